The van der Waals surface area contributed by atoms with Gasteiger partial charge in [0.25, 0.3) is 11.6 Å². The van der Waals surface area contributed by atoms with Crippen molar-refractivity contribution < 1.29 is 23.7 Å². The molecule has 9 nitrogen and oxygen atoms in total. The molecule has 29 heavy (non-hydrogen) atoms. The zero-order valence-corrected chi connectivity index (χ0v) is 15.5. The number of benzene rings is 2. The van der Waals surface area contributed by atoms with Crippen molar-refractivity contribution in [2.45, 2.75) is 20.0 Å². The van der Waals surface area contributed by atoms with E-state index in [1.54, 1.807) is 18.2 Å². The Balaban J connectivity index is 1.76. The minimum absolute atomic E-state index is 0.0296. The molecule has 0 aliphatic carbocycles. The van der Waals surface area contributed by atoms with Crippen LogP contribution in [-0.2, 0) is 9.53 Å². The predicted molar refractivity (Wildman–Crippen MR) is 104 cm³/mol. The van der Waals surface area contributed by atoms with Gasteiger partial charge in [-0.25, -0.2) is 4.79 Å². The number of aryl methyl sites for hydroxylation is 1. The maximum Gasteiger partial charge on any atom is 0.375 e. The van der Waals surface area contributed by atoms with Gasteiger partial charge in [0, 0.05) is 12.1 Å². The van der Waals surface area contributed by atoms with Crippen LogP contribution in [-0.4, -0.2) is 22.9 Å². The molecule has 0 bridgehead atoms. The lowest BCUT2D eigenvalue weighted by Crippen LogP contribution is -2.30. The molecule has 1 amide bonds. The Morgan fingerprint density at radius 1 is 1.17 bits per heavy atom. The number of esters is 1. The molecule has 3 rings (SSSR count). The van der Waals surface area contributed by atoms with Gasteiger partial charge in [-0.05, 0) is 32.0 Å². The summed E-state index contributed by atoms with van der Waals surface area (Å²) in [4.78, 5) is 47.2. The summed E-state index contributed by atoms with van der Waals surface area (Å²) in [6.45, 7) is 3.11. The van der Waals surface area contributed by atoms with Crippen molar-refractivity contribution in [3.63, 3.8) is 0 Å². The maximum atomic E-state index is 12.3. The molecule has 0 fully saturated rings. The first-order valence-electron chi connectivity index (χ1n) is 8.56. The van der Waals surface area contributed by atoms with Crippen molar-refractivity contribution in [2.24, 2.45) is 0 Å². The Morgan fingerprint density at radius 3 is 2.62 bits per heavy atom. The van der Waals surface area contributed by atoms with E-state index in [9.17, 15) is 24.5 Å². The highest BCUT2D eigenvalue weighted by Crippen LogP contribution is 2.23. The highest BCUT2D eigenvalue weighted by atomic mass is 16.6. The third kappa shape index (κ3) is 4.29. The van der Waals surface area contributed by atoms with Gasteiger partial charge in [-0.15, -0.1) is 0 Å². The smallest absolute Gasteiger partial charge is 0.375 e. The topological polar surface area (TPSA) is 129 Å². The summed E-state index contributed by atoms with van der Waals surface area (Å²) in [7, 11) is 0. The number of ether oxygens (including phenoxy) is 1. The number of anilines is 1. The highest BCUT2D eigenvalue weighted by molar-refractivity contribution is 5.98. The number of para-hydroxylation sites is 2. The molecule has 0 unspecified atom stereocenters. The van der Waals surface area contributed by atoms with Crippen LogP contribution < -0.4 is 10.7 Å². The van der Waals surface area contributed by atoms with Gasteiger partial charge in [0.1, 0.15) is 11.3 Å². The van der Waals surface area contributed by atoms with Crippen molar-refractivity contribution in [2.75, 3.05) is 5.32 Å². The zero-order valence-electron chi connectivity index (χ0n) is 15.5. The normalized spacial score (nSPS) is 11.7. The van der Waals surface area contributed by atoms with Crippen molar-refractivity contribution in [3.05, 3.63) is 80.2 Å². The molecule has 1 atom stereocenters. The summed E-state index contributed by atoms with van der Waals surface area (Å²) >= 11 is 0. The predicted octanol–water partition coefficient (Wildman–Crippen LogP) is 3.19. The SMILES string of the molecule is Cc1ccc2oc(C(=O)O[C@@H](C)C(=O)Nc3ccccc3[N+](=O)[O-])cc(=O)c2c1. The third-order valence-corrected chi connectivity index (χ3v) is 4.10. The number of amides is 1. The monoisotopic (exact) mass is 396 g/mol. The standard InChI is InChI=1S/C20H16N2O7/c1-11-7-8-17-13(9-11)16(23)10-18(29-17)20(25)28-12(2)19(24)21-14-5-3-4-6-15(14)22(26)27/h3-10,12H,1-2H3,(H,21,24)/t12-/m0/s1. The number of nitrogens with zero attached hydrogens (tertiary/aromatic N) is 1. The molecular weight excluding hydrogens is 380 g/mol. The van der Waals surface area contributed by atoms with E-state index in [1.807, 2.05) is 6.92 Å². The van der Waals surface area contributed by atoms with Gasteiger partial charge >= 0.3 is 5.97 Å². The third-order valence-electron chi connectivity index (χ3n) is 4.10. The van der Waals surface area contributed by atoms with Gasteiger partial charge in [-0.2, -0.15) is 0 Å². The second-order valence-corrected chi connectivity index (χ2v) is 6.29. The lowest BCUT2D eigenvalue weighted by molar-refractivity contribution is -0.383. The summed E-state index contributed by atoms with van der Waals surface area (Å²) in [5, 5.41) is 13.7. The van der Waals surface area contributed by atoms with E-state index in [0.29, 0.717) is 5.39 Å². The lowest BCUT2D eigenvalue weighted by Gasteiger charge is -2.13. The molecule has 1 N–H and O–H groups in total. The maximum absolute atomic E-state index is 12.3. The molecule has 2 aromatic carbocycles. The van der Waals surface area contributed by atoms with E-state index >= 15 is 0 Å². The number of nitrogens with one attached hydrogen (secondary N) is 1. The van der Waals surface area contributed by atoms with E-state index in [0.717, 1.165) is 11.6 Å². The van der Waals surface area contributed by atoms with E-state index in [4.69, 9.17) is 9.15 Å². The molecule has 1 aromatic heterocycles. The first kappa shape index (κ1) is 19.7. The average molecular weight is 396 g/mol. The van der Waals surface area contributed by atoms with E-state index < -0.39 is 28.3 Å². The zero-order chi connectivity index (χ0) is 21.1. The molecule has 0 spiro atoms. The first-order valence-corrected chi connectivity index (χ1v) is 8.56. The fraction of sp³-hybridized carbons (Fsp3) is 0.150. The number of carbonyl (C=O) groups excluding carboxylic acids is 2. The fourth-order valence-corrected chi connectivity index (χ4v) is 2.62. The molecular formula is C20H16N2O7. The number of hydrogen-bond acceptors (Lipinski definition) is 7. The number of fused-ring (bicyclic) bond motifs is 1. The Labute approximate surface area is 164 Å². The van der Waals surface area contributed by atoms with Crippen LogP contribution in [0.15, 0.2) is 57.7 Å². The van der Waals surface area contributed by atoms with Crippen molar-refractivity contribution in [1.29, 1.82) is 0 Å². The van der Waals surface area contributed by atoms with Gasteiger partial charge in [0.2, 0.25) is 5.76 Å². The largest absolute Gasteiger partial charge is 0.449 e. The molecule has 9 heteroatoms. The van der Waals surface area contributed by atoms with Gasteiger partial charge < -0.3 is 14.5 Å². The highest BCUT2D eigenvalue weighted by Gasteiger charge is 2.23. The van der Waals surface area contributed by atoms with E-state index in [1.165, 1.54) is 31.2 Å². The second-order valence-electron chi connectivity index (χ2n) is 6.29. The number of nitro benzene ring substituents is 1. The van der Waals surface area contributed by atoms with Crippen LogP contribution in [0.4, 0.5) is 11.4 Å². The molecule has 3 aromatic rings. The summed E-state index contributed by atoms with van der Waals surface area (Å²) in [6.07, 6.45) is -1.29. The molecule has 1 heterocycles. The van der Waals surface area contributed by atoms with Gasteiger partial charge in [-0.3, -0.25) is 19.7 Å². The Hall–Kier alpha value is -4.01. The Morgan fingerprint density at radius 2 is 1.90 bits per heavy atom. The average Bonchev–Trinajstić information content (AvgIpc) is 2.68. The molecule has 0 saturated carbocycles. The Kier molecular flexibility index (Phi) is 5.40. The van der Waals surface area contributed by atoms with Gasteiger partial charge in [-0.1, -0.05) is 23.8 Å². The van der Waals surface area contributed by atoms with E-state index in [-0.39, 0.29) is 22.7 Å². The fourth-order valence-electron chi connectivity index (χ4n) is 2.62. The van der Waals surface area contributed by atoms with Crippen molar-refractivity contribution >= 4 is 34.2 Å². The van der Waals surface area contributed by atoms with Gasteiger partial charge in [0.15, 0.2) is 11.5 Å². The minimum Gasteiger partial charge on any atom is -0.449 e. The molecule has 148 valence electrons. The van der Waals surface area contributed by atoms with Crippen LogP contribution >= 0.6 is 0 Å². The number of carbonyl (C=O) groups is 2. The number of hydrogen-bond donors (Lipinski definition) is 1. The van der Waals surface area contributed by atoms with Crippen LogP contribution in [0.5, 0.6) is 0 Å². The van der Waals surface area contributed by atoms with Crippen LogP contribution in [0, 0.1) is 17.0 Å². The van der Waals surface area contributed by atoms with Crippen molar-refractivity contribution in [1.82, 2.24) is 0 Å². The summed E-state index contributed by atoms with van der Waals surface area (Å²) in [5.41, 5.74) is 0.333. The molecule has 0 aliphatic rings. The molecule has 0 saturated heterocycles. The molecule has 0 radical (unpaired) electrons. The van der Waals surface area contributed by atoms with Crippen molar-refractivity contribution in [3.8, 4) is 0 Å². The van der Waals surface area contributed by atoms with E-state index in [2.05, 4.69) is 5.32 Å². The first-order chi connectivity index (χ1) is 13.8. The van der Waals surface area contributed by atoms with Crippen LogP contribution in [0.3, 0.4) is 0 Å². The molecule has 0 aliphatic heterocycles. The van der Waals surface area contributed by atoms with Gasteiger partial charge in [0.05, 0.1) is 10.3 Å². The van der Waals surface area contributed by atoms with Crippen LogP contribution in [0.2, 0.25) is 0 Å². The second kappa shape index (κ2) is 7.93. The number of rotatable bonds is 5. The summed E-state index contributed by atoms with van der Waals surface area (Å²) < 4.78 is 10.5. The Bertz CT molecular complexity index is 1180. The lowest BCUT2D eigenvalue weighted by atomic mass is 10.1. The van der Waals surface area contributed by atoms with Crippen LogP contribution in [0.25, 0.3) is 11.0 Å². The summed E-state index contributed by atoms with van der Waals surface area (Å²) in [6, 6.07) is 11.5. The minimum atomic E-state index is -1.29. The summed E-state index contributed by atoms with van der Waals surface area (Å²) in [5.74, 6) is -2.13. The number of nitro groups is 1. The van der Waals surface area contributed by atoms with Crippen LogP contribution in [0.1, 0.15) is 23.0 Å². The quantitative estimate of drug-likeness (QED) is 0.398.